The molecule has 9 atom stereocenters. The fourth-order valence-corrected chi connectivity index (χ4v) is 6.10. The Morgan fingerprint density at radius 2 is 2.08 bits per heavy atom. The number of rotatable bonds is 12. The molecule has 3 rings (SSSR count). The predicted octanol–water partition coefficient (Wildman–Crippen LogP) is 2.24. The monoisotopic (exact) mass is 587 g/mol. The lowest BCUT2D eigenvalue weighted by Gasteiger charge is -2.45. The summed E-state index contributed by atoms with van der Waals surface area (Å²) in [6, 6.07) is 2.59. The van der Waals surface area contributed by atoms with Crippen LogP contribution < -0.4 is 15.4 Å². The van der Waals surface area contributed by atoms with Crippen LogP contribution in [0.4, 0.5) is 0 Å². The topological polar surface area (TPSA) is 139 Å². The summed E-state index contributed by atoms with van der Waals surface area (Å²) >= 11 is 7.69. The molecular formula is C27H42ClN3O7S. The van der Waals surface area contributed by atoms with Crippen molar-refractivity contribution >= 4 is 35.2 Å². The summed E-state index contributed by atoms with van der Waals surface area (Å²) in [6.07, 6.45) is 6.07. The standard InChI is InChI=1S/C27H42ClN3O7S/c1-16(28)21(24-22(33)23(34)25(37-17(2)32)27(38-24)39-3)31-26(35)20-10-9-18(11-13-30-20)7-4-5-14-36-19-8-6-12-29-15-19/h6,8,12,15-16,18,20-25,27,30,33-34H,4-5,7,9-11,13-14H2,1-3H3,(H,31,35)/t16-,18-,20-,21+,22+,23-,24+,25+,27+/m0/s1. The van der Waals surface area contributed by atoms with Crippen LogP contribution in [0, 0.1) is 5.92 Å². The van der Waals surface area contributed by atoms with Crippen molar-refractivity contribution < 1.29 is 34.0 Å². The molecule has 10 nitrogen and oxygen atoms in total. The highest BCUT2D eigenvalue weighted by molar-refractivity contribution is 7.99. The van der Waals surface area contributed by atoms with E-state index in [2.05, 4.69) is 15.6 Å². The molecule has 1 aromatic rings. The van der Waals surface area contributed by atoms with E-state index in [0.717, 1.165) is 44.4 Å². The van der Waals surface area contributed by atoms with Gasteiger partial charge in [0.25, 0.3) is 0 Å². The molecule has 0 aromatic carbocycles. The van der Waals surface area contributed by atoms with Crippen LogP contribution in [0.15, 0.2) is 24.5 Å². The van der Waals surface area contributed by atoms with Crippen molar-refractivity contribution in [3.05, 3.63) is 24.5 Å². The number of nitrogens with zero attached hydrogens (tertiary/aromatic N) is 1. The lowest BCUT2D eigenvalue weighted by Crippen LogP contribution is -2.65. The van der Waals surface area contributed by atoms with Gasteiger partial charge in [-0.1, -0.05) is 6.42 Å². The van der Waals surface area contributed by atoms with Crippen LogP contribution in [0.5, 0.6) is 5.75 Å². The smallest absolute Gasteiger partial charge is 0.303 e. The average molecular weight is 588 g/mol. The SMILES string of the molecule is CS[C@H]1O[C@H]([C@H](NC(=O)[C@@H]2CC[C@H](CCCCOc3cccnc3)CCN2)[C@H](C)Cl)[C@H](O)[C@H](O)[C@H]1OC(C)=O. The molecule has 4 N–H and O–H groups in total. The van der Waals surface area contributed by atoms with Gasteiger partial charge in [0.2, 0.25) is 5.91 Å². The molecule has 0 aliphatic carbocycles. The summed E-state index contributed by atoms with van der Waals surface area (Å²) in [6.45, 7) is 4.32. The van der Waals surface area contributed by atoms with Crippen LogP contribution in [0.2, 0.25) is 0 Å². The number of alkyl halides is 1. The van der Waals surface area contributed by atoms with Gasteiger partial charge in [-0.25, -0.2) is 0 Å². The number of aromatic nitrogens is 1. The van der Waals surface area contributed by atoms with E-state index < -0.39 is 53.3 Å². The van der Waals surface area contributed by atoms with Gasteiger partial charge >= 0.3 is 5.97 Å². The molecule has 1 aromatic heterocycles. The normalized spacial score (nSPS) is 31.0. The van der Waals surface area contributed by atoms with E-state index in [-0.39, 0.29) is 5.91 Å². The molecule has 2 aliphatic rings. The van der Waals surface area contributed by atoms with Crippen LogP contribution >= 0.6 is 23.4 Å². The van der Waals surface area contributed by atoms with Gasteiger partial charge in [-0.2, -0.15) is 0 Å². The van der Waals surface area contributed by atoms with Gasteiger partial charge in [0, 0.05) is 13.1 Å². The summed E-state index contributed by atoms with van der Waals surface area (Å²) in [5.74, 6) is 0.504. The second-order valence-electron chi connectivity index (χ2n) is 10.2. The Balaban J connectivity index is 1.49. The van der Waals surface area contributed by atoms with Crippen LogP contribution in [0.25, 0.3) is 0 Å². The lowest BCUT2D eigenvalue weighted by atomic mass is 9.92. The van der Waals surface area contributed by atoms with E-state index in [0.29, 0.717) is 18.9 Å². The third kappa shape index (κ3) is 9.47. The minimum absolute atomic E-state index is 0.217. The number of carbonyl (C=O) groups excluding carboxylic acids is 2. The molecule has 1 amide bonds. The number of ether oxygens (including phenoxy) is 3. The Kier molecular flexibility index (Phi) is 13.1. The van der Waals surface area contributed by atoms with Crippen LogP contribution in [-0.4, -0.2) is 93.8 Å². The molecule has 2 saturated heterocycles. The first-order valence-electron chi connectivity index (χ1n) is 13.6. The molecule has 3 heterocycles. The van der Waals surface area contributed by atoms with Crippen LogP contribution in [0.3, 0.4) is 0 Å². The van der Waals surface area contributed by atoms with Gasteiger partial charge < -0.3 is 35.1 Å². The number of aliphatic hydroxyl groups excluding tert-OH is 2. The van der Waals surface area contributed by atoms with E-state index >= 15 is 0 Å². The molecule has 0 unspecified atom stereocenters. The van der Waals surface area contributed by atoms with E-state index in [9.17, 15) is 19.8 Å². The summed E-state index contributed by atoms with van der Waals surface area (Å²) < 4.78 is 16.9. The van der Waals surface area contributed by atoms with Crippen molar-refractivity contribution in [2.75, 3.05) is 19.4 Å². The summed E-state index contributed by atoms with van der Waals surface area (Å²) in [5, 5.41) is 27.2. The zero-order valence-corrected chi connectivity index (χ0v) is 24.4. The maximum atomic E-state index is 13.3. The van der Waals surface area contributed by atoms with E-state index in [1.807, 2.05) is 12.1 Å². The minimum Gasteiger partial charge on any atom is -0.492 e. The number of thioether (sulfide) groups is 1. The quantitative estimate of drug-likeness (QED) is 0.163. The second-order valence-corrected chi connectivity index (χ2v) is 11.9. The maximum absolute atomic E-state index is 13.3. The lowest BCUT2D eigenvalue weighted by molar-refractivity contribution is -0.217. The number of hydrogen-bond donors (Lipinski definition) is 4. The summed E-state index contributed by atoms with van der Waals surface area (Å²) in [4.78, 5) is 28.8. The number of halogens is 1. The number of amides is 1. The number of pyridine rings is 1. The second kappa shape index (κ2) is 16.0. The Labute approximate surface area is 239 Å². The number of hydrogen-bond acceptors (Lipinski definition) is 10. The number of nitrogens with one attached hydrogen (secondary N) is 2. The highest BCUT2D eigenvalue weighted by Crippen LogP contribution is 2.32. The molecule has 12 heteroatoms. The van der Waals surface area contributed by atoms with Gasteiger partial charge in [-0.3, -0.25) is 14.6 Å². The molecule has 2 aliphatic heterocycles. The predicted molar refractivity (Wildman–Crippen MR) is 150 cm³/mol. The molecule has 0 radical (unpaired) electrons. The Bertz CT molecular complexity index is 897. The molecule has 39 heavy (non-hydrogen) atoms. The van der Waals surface area contributed by atoms with Gasteiger partial charge in [0.05, 0.1) is 30.3 Å². The first kappa shape index (κ1) is 31.9. The van der Waals surface area contributed by atoms with Crippen molar-refractivity contribution in [2.45, 2.75) is 99.7 Å². The van der Waals surface area contributed by atoms with Crippen molar-refractivity contribution in [2.24, 2.45) is 5.92 Å². The molecular weight excluding hydrogens is 546 g/mol. The largest absolute Gasteiger partial charge is 0.492 e. The van der Waals surface area contributed by atoms with Crippen LogP contribution in [-0.2, 0) is 19.1 Å². The van der Waals surface area contributed by atoms with Crippen molar-refractivity contribution in [3.8, 4) is 5.75 Å². The number of esters is 1. The molecule has 220 valence electrons. The van der Waals surface area contributed by atoms with Crippen LogP contribution in [0.1, 0.15) is 52.4 Å². The van der Waals surface area contributed by atoms with Gasteiger partial charge in [-0.05, 0) is 69.9 Å². The summed E-state index contributed by atoms with van der Waals surface area (Å²) in [7, 11) is 0. The third-order valence-corrected chi connectivity index (χ3v) is 8.42. The van der Waals surface area contributed by atoms with Gasteiger partial charge in [0.1, 0.15) is 29.5 Å². The highest BCUT2D eigenvalue weighted by atomic mass is 35.5. The molecule has 0 spiro atoms. The average Bonchev–Trinajstić information content (AvgIpc) is 3.16. The first-order valence-corrected chi connectivity index (χ1v) is 15.4. The number of aliphatic hydroxyl groups is 2. The highest BCUT2D eigenvalue weighted by Gasteiger charge is 2.50. The first-order chi connectivity index (χ1) is 18.7. The minimum atomic E-state index is -1.40. The van der Waals surface area contributed by atoms with Crippen molar-refractivity contribution in [3.63, 3.8) is 0 Å². The van der Waals surface area contributed by atoms with Gasteiger partial charge in [0.15, 0.2) is 6.10 Å². The van der Waals surface area contributed by atoms with E-state index in [1.54, 1.807) is 25.6 Å². The fourth-order valence-electron chi connectivity index (χ4n) is 5.17. The number of carbonyl (C=O) groups is 2. The zero-order chi connectivity index (χ0) is 28.4. The molecule has 0 bridgehead atoms. The Hall–Kier alpha value is -1.63. The maximum Gasteiger partial charge on any atom is 0.303 e. The Morgan fingerprint density at radius 1 is 1.28 bits per heavy atom. The van der Waals surface area contributed by atoms with Crippen molar-refractivity contribution in [1.82, 2.24) is 15.6 Å². The van der Waals surface area contributed by atoms with E-state index in [1.165, 1.54) is 18.7 Å². The summed E-state index contributed by atoms with van der Waals surface area (Å²) in [5.41, 5.74) is -0.723. The molecule has 2 fully saturated rings. The third-order valence-electron chi connectivity index (χ3n) is 7.31. The Morgan fingerprint density at radius 3 is 2.74 bits per heavy atom. The molecule has 0 saturated carbocycles. The van der Waals surface area contributed by atoms with E-state index in [4.69, 9.17) is 25.8 Å². The zero-order valence-electron chi connectivity index (χ0n) is 22.8. The fraction of sp³-hybridized carbons (Fsp3) is 0.741. The number of unbranched alkanes of at least 4 members (excludes halogenated alkanes) is 1. The van der Waals surface area contributed by atoms with Crippen molar-refractivity contribution in [1.29, 1.82) is 0 Å². The van der Waals surface area contributed by atoms with Gasteiger partial charge in [-0.15, -0.1) is 23.4 Å².